The van der Waals surface area contributed by atoms with Crippen molar-refractivity contribution < 1.29 is 14.3 Å². The summed E-state index contributed by atoms with van der Waals surface area (Å²) in [6.45, 7) is 7.29. The van der Waals surface area contributed by atoms with Crippen LogP contribution in [0, 0.1) is 0 Å². The van der Waals surface area contributed by atoms with Gasteiger partial charge in [-0.05, 0) is 38.1 Å². The van der Waals surface area contributed by atoms with Crippen molar-refractivity contribution in [3.05, 3.63) is 33.5 Å². The molecule has 2 amide bonds. The summed E-state index contributed by atoms with van der Waals surface area (Å²) in [6.07, 6.45) is 1.95. The number of ether oxygens (including phenoxy) is 1. The molecule has 1 N–H and O–H groups in total. The molecule has 0 bridgehead atoms. The summed E-state index contributed by atoms with van der Waals surface area (Å²) in [5.41, 5.74) is 0.949. The third-order valence-electron chi connectivity index (χ3n) is 5.21. The number of carbonyl (C=O) groups is 2. The quantitative estimate of drug-likeness (QED) is 0.783. The van der Waals surface area contributed by atoms with E-state index in [0.717, 1.165) is 31.7 Å². The zero-order chi connectivity index (χ0) is 20.4. The smallest absolute Gasteiger partial charge is 0.264 e. The van der Waals surface area contributed by atoms with Crippen LogP contribution in [0.15, 0.2) is 22.9 Å². The second-order valence-electron chi connectivity index (χ2n) is 7.72. The molecular weight excluding hydrogens is 408 g/mol. The highest BCUT2D eigenvalue weighted by Crippen LogP contribution is 2.25. The fraction of sp³-hybridized carbons (Fsp3) is 0.550. The Morgan fingerprint density at radius 2 is 2.07 bits per heavy atom. The van der Waals surface area contributed by atoms with Crippen molar-refractivity contribution in [2.24, 2.45) is 0 Å². The van der Waals surface area contributed by atoms with E-state index in [1.165, 1.54) is 22.7 Å². The van der Waals surface area contributed by atoms with Gasteiger partial charge in [-0.15, -0.1) is 22.7 Å². The van der Waals surface area contributed by atoms with E-state index in [1.807, 2.05) is 16.8 Å². The van der Waals surface area contributed by atoms with E-state index < -0.39 is 6.04 Å². The molecule has 2 fully saturated rings. The van der Waals surface area contributed by atoms with Gasteiger partial charge in [0, 0.05) is 31.6 Å². The van der Waals surface area contributed by atoms with E-state index in [1.54, 1.807) is 11.0 Å². The monoisotopic (exact) mass is 434 g/mol. The third kappa shape index (κ3) is 4.85. The van der Waals surface area contributed by atoms with Crippen molar-refractivity contribution in [2.75, 3.05) is 25.0 Å². The van der Waals surface area contributed by atoms with Gasteiger partial charge in [-0.25, -0.2) is 4.98 Å². The highest BCUT2D eigenvalue weighted by Gasteiger charge is 2.35. The number of anilines is 1. The number of nitrogens with zero attached hydrogens (tertiary/aromatic N) is 3. The Labute approximate surface area is 178 Å². The largest absolute Gasteiger partial charge is 0.373 e. The molecule has 3 atom stereocenters. The topological polar surface area (TPSA) is 74.8 Å². The molecule has 0 saturated carbocycles. The molecule has 4 heterocycles. The van der Waals surface area contributed by atoms with Crippen LogP contribution in [0.1, 0.15) is 42.1 Å². The molecule has 156 valence electrons. The highest BCUT2D eigenvalue weighted by molar-refractivity contribution is 7.14. The minimum Gasteiger partial charge on any atom is -0.373 e. The van der Waals surface area contributed by atoms with Crippen LogP contribution in [0.4, 0.5) is 5.13 Å². The molecule has 9 heteroatoms. The van der Waals surface area contributed by atoms with Crippen LogP contribution >= 0.6 is 22.7 Å². The van der Waals surface area contributed by atoms with Gasteiger partial charge in [-0.1, -0.05) is 6.07 Å². The number of nitrogens with one attached hydrogen (secondary N) is 1. The average Bonchev–Trinajstić information content (AvgIpc) is 3.42. The van der Waals surface area contributed by atoms with Gasteiger partial charge in [-0.3, -0.25) is 14.5 Å². The third-order valence-corrected chi connectivity index (χ3v) is 6.88. The number of carbonyl (C=O) groups excluding carboxylic acids is 2. The van der Waals surface area contributed by atoms with E-state index in [9.17, 15) is 9.59 Å². The number of rotatable bonds is 5. The summed E-state index contributed by atoms with van der Waals surface area (Å²) in [5.74, 6) is -0.213. The molecule has 2 aliphatic rings. The van der Waals surface area contributed by atoms with Crippen molar-refractivity contribution in [3.8, 4) is 0 Å². The maximum atomic E-state index is 12.8. The van der Waals surface area contributed by atoms with Gasteiger partial charge in [0.05, 0.1) is 22.8 Å². The lowest BCUT2D eigenvalue weighted by Crippen LogP contribution is -2.44. The van der Waals surface area contributed by atoms with Crippen LogP contribution in [0.25, 0.3) is 0 Å². The lowest BCUT2D eigenvalue weighted by atomic mass is 10.2. The average molecular weight is 435 g/mol. The zero-order valence-electron chi connectivity index (χ0n) is 16.7. The summed E-state index contributed by atoms with van der Waals surface area (Å²) in [6, 6.07) is 3.23. The summed E-state index contributed by atoms with van der Waals surface area (Å²) < 4.78 is 5.78. The number of likely N-dealkylation sites (tertiary alicyclic amines) is 1. The van der Waals surface area contributed by atoms with Gasteiger partial charge >= 0.3 is 0 Å². The zero-order valence-corrected chi connectivity index (χ0v) is 18.3. The summed E-state index contributed by atoms with van der Waals surface area (Å²) in [7, 11) is 0. The van der Waals surface area contributed by atoms with Crippen LogP contribution in [0.2, 0.25) is 0 Å². The molecule has 2 unspecified atom stereocenters. The van der Waals surface area contributed by atoms with Gasteiger partial charge in [0.15, 0.2) is 5.13 Å². The van der Waals surface area contributed by atoms with Crippen LogP contribution in [0.3, 0.4) is 0 Å². The van der Waals surface area contributed by atoms with E-state index in [2.05, 4.69) is 29.0 Å². The Morgan fingerprint density at radius 3 is 2.79 bits per heavy atom. The minimum absolute atomic E-state index is 0.0620. The lowest BCUT2D eigenvalue weighted by molar-refractivity contribution is -0.119. The van der Waals surface area contributed by atoms with E-state index in [-0.39, 0.29) is 24.0 Å². The van der Waals surface area contributed by atoms with Crippen LogP contribution in [0.5, 0.6) is 0 Å². The van der Waals surface area contributed by atoms with Crippen molar-refractivity contribution >= 4 is 39.6 Å². The molecule has 2 aliphatic heterocycles. The first-order chi connectivity index (χ1) is 14.0. The van der Waals surface area contributed by atoms with Gasteiger partial charge in [-0.2, -0.15) is 0 Å². The Bertz CT molecular complexity index is 844. The summed E-state index contributed by atoms with van der Waals surface area (Å²) in [4.78, 5) is 34.8. The minimum atomic E-state index is -0.433. The Kier molecular flexibility index (Phi) is 6.29. The molecule has 7 nitrogen and oxygen atoms in total. The first-order valence-electron chi connectivity index (χ1n) is 9.97. The number of morpholine rings is 1. The summed E-state index contributed by atoms with van der Waals surface area (Å²) in [5, 5.41) is 7.39. The Morgan fingerprint density at radius 1 is 1.28 bits per heavy atom. The second-order valence-corrected chi connectivity index (χ2v) is 9.52. The number of aromatic nitrogens is 1. The van der Waals surface area contributed by atoms with Gasteiger partial charge in [0.2, 0.25) is 5.91 Å². The first-order valence-corrected chi connectivity index (χ1v) is 11.7. The normalized spacial score (nSPS) is 25.3. The van der Waals surface area contributed by atoms with Crippen LogP contribution in [-0.4, -0.2) is 64.5 Å². The first kappa shape index (κ1) is 20.5. The standard InChI is InChI=1S/C20H26N4O3S2/c1-13-9-23(10-14(2)27-13)11-15-12-29-20(21-15)22-18(25)16-5-3-7-24(16)19(26)17-6-4-8-28-17/h4,6,8,12-14,16H,3,5,7,9-11H2,1-2H3,(H,21,22,25)/t13?,14?,16-/m0/s1. The lowest BCUT2D eigenvalue weighted by Gasteiger charge is -2.34. The van der Waals surface area contributed by atoms with E-state index in [0.29, 0.717) is 23.0 Å². The SMILES string of the molecule is CC1CN(Cc2csc(NC(=O)[C@@H]3CCCN3C(=O)c3cccs3)n2)CC(C)O1. The van der Waals surface area contributed by atoms with Crippen molar-refractivity contribution in [2.45, 2.75) is 51.5 Å². The molecule has 4 rings (SSSR count). The van der Waals surface area contributed by atoms with E-state index >= 15 is 0 Å². The van der Waals surface area contributed by atoms with Crippen molar-refractivity contribution in [1.82, 2.24) is 14.8 Å². The second kappa shape index (κ2) is 8.91. The Balaban J connectivity index is 1.35. The molecular formula is C20H26N4O3S2. The van der Waals surface area contributed by atoms with E-state index in [4.69, 9.17) is 4.74 Å². The molecule has 2 aromatic rings. The molecule has 2 aromatic heterocycles. The molecule has 29 heavy (non-hydrogen) atoms. The number of hydrogen-bond donors (Lipinski definition) is 1. The Hall–Kier alpha value is -1.81. The number of thiazole rings is 1. The molecule has 0 radical (unpaired) electrons. The van der Waals surface area contributed by atoms with Gasteiger partial charge < -0.3 is 15.0 Å². The molecule has 0 spiro atoms. The molecule has 0 aromatic carbocycles. The maximum Gasteiger partial charge on any atom is 0.264 e. The highest BCUT2D eigenvalue weighted by atomic mass is 32.1. The summed E-state index contributed by atoms with van der Waals surface area (Å²) >= 11 is 2.84. The van der Waals surface area contributed by atoms with Crippen molar-refractivity contribution in [1.29, 1.82) is 0 Å². The van der Waals surface area contributed by atoms with Crippen LogP contribution in [-0.2, 0) is 16.1 Å². The number of hydrogen-bond acceptors (Lipinski definition) is 7. The predicted octanol–water partition coefficient (Wildman–Crippen LogP) is 3.06. The predicted molar refractivity (Wildman–Crippen MR) is 114 cm³/mol. The fourth-order valence-corrected chi connectivity index (χ4v) is 5.48. The molecule has 0 aliphatic carbocycles. The number of amides is 2. The molecule has 2 saturated heterocycles. The van der Waals surface area contributed by atoms with Gasteiger partial charge in [0.25, 0.3) is 5.91 Å². The fourth-order valence-electron chi connectivity index (χ4n) is 4.09. The van der Waals surface area contributed by atoms with Gasteiger partial charge in [0.1, 0.15) is 6.04 Å². The maximum absolute atomic E-state index is 12.8. The van der Waals surface area contributed by atoms with Crippen molar-refractivity contribution in [3.63, 3.8) is 0 Å². The number of thiophene rings is 1. The van der Waals surface area contributed by atoms with Crippen LogP contribution < -0.4 is 5.32 Å².